The molecule has 1 aromatic heterocycles. The Balaban J connectivity index is 1.35. The third-order valence-corrected chi connectivity index (χ3v) is 9.06. The van der Waals surface area contributed by atoms with E-state index in [0.717, 1.165) is 8.26 Å². The lowest BCUT2D eigenvalue weighted by Crippen LogP contribution is -2.54. The Hall–Kier alpha value is -0.970. The molecule has 10 heteroatoms. The molecule has 2 aromatic rings. The molecule has 4 rings (SSSR count). The first-order valence-electron chi connectivity index (χ1n) is 9.54. The number of halogens is 3. The van der Waals surface area contributed by atoms with Gasteiger partial charge in [-0.3, -0.25) is 14.5 Å². The van der Waals surface area contributed by atoms with Crippen LogP contribution in [-0.4, -0.2) is 83.0 Å². The number of carbonyl (C=O) groups is 2. The highest BCUT2D eigenvalue weighted by molar-refractivity contribution is 9.13. The van der Waals surface area contributed by atoms with Gasteiger partial charge in [-0.05, 0) is 62.2 Å². The van der Waals surface area contributed by atoms with Crippen LogP contribution in [-0.2, 0) is 0 Å². The molecule has 2 amide bonds. The summed E-state index contributed by atoms with van der Waals surface area (Å²) in [6.45, 7) is 3.31. The summed E-state index contributed by atoms with van der Waals surface area (Å²) in [7, 11) is 0. The maximum absolute atomic E-state index is 12.8. The molecule has 30 heavy (non-hydrogen) atoms. The fraction of sp³-hybridized carbons (Fsp3) is 0.400. The van der Waals surface area contributed by atoms with E-state index in [-0.39, 0.29) is 17.9 Å². The van der Waals surface area contributed by atoms with Gasteiger partial charge < -0.3 is 14.9 Å². The van der Waals surface area contributed by atoms with Gasteiger partial charge in [0.1, 0.15) is 0 Å². The summed E-state index contributed by atoms with van der Waals surface area (Å²) in [5, 5.41) is 11.2. The number of piperazine rings is 1. The summed E-state index contributed by atoms with van der Waals surface area (Å²) in [5.41, 5.74) is 0.624. The van der Waals surface area contributed by atoms with Gasteiger partial charge in [0.05, 0.1) is 20.8 Å². The van der Waals surface area contributed by atoms with Crippen molar-refractivity contribution in [2.24, 2.45) is 0 Å². The third-order valence-electron chi connectivity index (χ3n) is 5.56. The average Bonchev–Trinajstić information content (AvgIpc) is 3.30. The standard InChI is InChI=1S/C20H20Br2ClN3O3S/c21-14-9-17(30-18(14)22)20(29)26-10-15(16(27)11-26)24-5-7-25(8-6-24)19(28)12-1-3-13(23)4-2-12/h1-4,9,15-16,27H,5-8,10-11H2/t15-,16-/m0/s1. The number of likely N-dealkylation sites (tertiary alicyclic amines) is 1. The fourth-order valence-corrected chi connectivity index (χ4v) is 6.06. The Labute approximate surface area is 200 Å². The number of hydrogen-bond acceptors (Lipinski definition) is 5. The maximum atomic E-state index is 12.8. The number of carbonyl (C=O) groups excluding carboxylic acids is 2. The lowest BCUT2D eigenvalue weighted by Gasteiger charge is -2.38. The predicted octanol–water partition coefficient (Wildman–Crippen LogP) is 3.57. The Morgan fingerprint density at radius 2 is 1.67 bits per heavy atom. The minimum atomic E-state index is -0.598. The van der Waals surface area contributed by atoms with E-state index in [1.165, 1.54) is 11.3 Å². The summed E-state index contributed by atoms with van der Waals surface area (Å²) in [4.78, 5) is 31.9. The zero-order valence-electron chi connectivity index (χ0n) is 15.9. The van der Waals surface area contributed by atoms with Crippen LogP contribution in [0.5, 0.6) is 0 Å². The normalized spacial score (nSPS) is 22.5. The van der Waals surface area contributed by atoms with Crippen molar-refractivity contribution in [1.29, 1.82) is 0 Å². The van der Waals surface area contributed by atoms with Crippen molar-refractivity contribution in [3.8, 4) is 0 Å². The third kappa shape index (κ3) is 4.61. The summed E-state index contributed by atoms with van der Waals surface area (Å²) in [5.74, 6) is -0.0755. The Morgan fingerprint density at radius 1 is 1.00 bits per heavy atom. The number of thiophene rings is 1. The van der Waals surface area contributed by atoms with Gasteiger partial charge in [-0.1, -0.05) is 11.6 Å². The summed E-state index contributed by atoms with van der Waals surface area (Å²) in [6, 6.07) is 8.60. The van der Waals surface area contributed by atoms with Crippen LogP contribution >= 0.6 is 54.8 Å². The highest BCUT2D eigenvalue weighted by Gasteiger charge is 2.39. The molecular formula is C20H20Br2ClN3O3S. The molecule has 2 saturated heterocycles. The van der Waals surface area contributed by atoms with E-state index < -0.39 is 6.10 Å². The van der Waals surface area contributed by atoms with E-state index in [0.29, 0.717) is 54.7 Å². The zero-order chi connectivity index (χ0) is 21.4. The number of hydrogen-bond donors (Lipinski definition) is 1. The molecule has 0 unspecified atom stereocenters. The largest absolute Gasteiger partial charge is 0.390 e. The number of benzene rings is 1. The van der Waals surface area contributed by atoms with E-state index >= 15 is 0 Å². The van der Waals surface area contributed by atoms with E-state index in [4.69, 9.17) is 11.6 Å². The molecule has 2 fully saturated rings. The average molecular weight is 578 g/mol. The smallest absolute Gasteiger partial charge is 0.264 e. The van der Waals surface area contributed by atoms with Gasteiger partial charge >= 0.3 is 0 Å². The Morgan fingerprint density at radius 3 is 2.27 bits per heavy atom. The van der Waals surface area contributed by atoms with Gasteiger partial charge in [-0.25, -0.2) is 0 Å². The van der Waals surface area contributed by atoms with Crippen LogP contribution in [0, 0.1) is 0 Å². The van der Waals surface area contributed by atoms with Crippen LogP contribution in [0.25, 0.3) is 0 Å². The lowest BCUT2D eigenvalue weighted by atomic mass is 10.1. The molecule has 0 spiro atoms. The molecule has 2 atom stereocenters. The van der Waals surface area contributed by atoms with Gasteiger partial charge in [0.2, 0.25) is 0 Å². The quantitative estimate of drug-likeness (QED) is 0.606. The second-order valence-corrected chi connectivity index (χ2v) is 11.1. The highest BCUT2D eigenvalue weighted by atomic mass is 79.9. The van der Waals surface area contributed by atoms with Gasteiger partial charge in [0.15, 0.2) is 0 Å². The highest BCUT2D eigenvalue weighted by Crippen LogP contribution is 2.33. The molecular weight excluding hydrogens is 558 g/mol. The first-order chi connectivity index (χ1) is 14.3. The van der Waals surface area contributed by atoms with E-state index in [1.54, 1.807) is 35.2 Å². The molecule has 1 aromatic carbocycles. The molecule has 0 aliphatic carbocycles. The van der Waals surface area contributed by atoms with Gasteiger partial charge in [-0.15, -0.1) is 11.3 Å². The van der Waals surface area contributed by atoms with Crippen LogP contribution in [0.1, 0.15) is 20.0 Å². The van der Waals surface area contributed by atoms with Crippen LogP contribution < -0.4 is 0 Å². The zero-order valence-corrected chi connectivity index (χ0v) is 20.7. The molecule has 1 N–H and O–H groups in total. The van der Waals surface area contributed by atoms with Crippen LogP contribution in [0.4, 0.5) is 0 Å². The molecule has 160 valence electrons. The first-order valence-corrected chi connectivity index (χ1v) is 12.3. The van der Waals surface area contributed by atoms with E-state index in [9.17, 15) is 14.7 Å². The van der Waals surface area contributed by atoms with Gasteiger partial charge in [-0.2, -0.15) is 0 Å². The second-order valence-electron chi connectivity index (χ2n) is 7.41. The molecule has 0 bridgehead atoms. The number of amides is 2. The van der Waals surface area contributed by atoms with Crippen molar-refractivity contribution < 1.29 is 14.7 Å². The molecule has 0 radical (unpaired) electrons. The number of rotatable bonds is 3. The minimum Gasteiger partial charge on any atom is -0.390 e. The van der Waals surface area contributed by atoms with E-state index in [1.807, 2.05) is 4.90 Å². The second kappa shape index (κ2) is 9.26. The van der Waals surface area contributed by atoms with Gasteiger partial charge in [0, 0.05) is 54.3 Å². The molecule has 3 heterocycles. The molecule has 2 aliphatic rings. The summed E-state index contributed by atoms with van der Waals surface area (Å²) in [6.07, 6.45) is -0.598. The van der Waals surface area contributed by atoms with Crippen molar-refractivity contribution in [2.45, 2.75) is 12.1 Å². The monoisotopic (exact) mass is 575 g/mol. The summed E-state index contributed by atoms with van der Waals surface area (Å²) >= 11 is 14.1. The first kappa shape index (κ1) is 22.2. The van der Waals surface area contributed by atoms with Crippen molar-refractivity contribution in [3.05, 3.63) is 54.1 Å². The lowest BCUT2D eigenvalue weighted by molar-refractivity contribution is 0.0376. The Bertz CT molecular complexity index is 928. The van der Waals surface area contributed by atoms with Crippen LogP contribution in [0.15, 0.2) is 38.6 Å². The SMILES string of the molecule is O=C(c1ccc(Cl)cc1)N1CCN([C@H]2CN(C(=O)c3cc(Br)c(Br)s3)C[C@@H]2O)CC1. The number of β-amino-alcohol motifs (C(OH)–C–C–N with tert-alkyl or cyclic N) is 1. The van der Waals surface area contributed by atoms with Crippen LogP contribution in [0.3, 0.4) is 0 Å². The van der Waals surface area contributed by atoms with Gasteiger partial charge in [0.25, 0.3) is 11.8 Å². The molecule has 0 saturated carbocycles. The Kier molecular flexibility index (Phi) is 6.86. The van der Waals surface area contributed by atoms with Crippen molar-refractivity contribution >= 4 is 66.6 Å². The van der Waals surface area contributed by atoms with E-state index in [2.05, 4.69) is 36.8 Å². The van der Waals surface area contributed by atoms with Crippen molar-refractivity contribution in [2.75, 3.05) is 39.3 Å². The topological polar surface area (TPSA) is 64.1 Å². The predicted molar refractivity (Wildman–Crippen MR) is 124 cm³/mol. The molecule has 6 nitrogen and oxygen atoms in total. The van der Waals surface area contributed by atoms with Crippen LogP contribution in [0.2, 0.25) is 5.02 Å². The van der Waals surface area contributed by atoms with Crippen molar-refractivity contribution in [1.82, 2.24) is 14.7 Å². The van der Waals surface area contributed by atoms with Crippen molar-refractivity contribution in [3.63, 3.8) is 0 Å². The molecule has 2 aliphatic heterocycles. The number of aliphatic hydroxyl groups excluding tert-OH is 1. The number of aliphatic hydroxyl groups is 1. The minimum absolute atomic E-state index is 0.0102. The maximum Gasteiger partial charge on any atom is 0.264 e. The number of nitrogens with zero attached hydrogens (tertiary/aromatic N) is 3. The fourth-order valence-electron chi connectivity index (χ4n) is 3.93. The summed E-state index contributed by atoms with van der Waals surface area (Å²) < 4.78 is 1.73.